The quantitative estimate of drug-likeness (QED) is 0.728. The number of aromatic nitrogens is 1. The molecule has 0 atom stereocenters. The first-order valence-electron chi connectivity index (χ1n) is 9.62. The van der Waals surface area contributed by atoms with E-state index in [2.05, 4.69) is 20.5 Å². The predicted molar refractivity (Wildman–Crippen MR) is 107 cm³/mol. The van der Waals surface area contributed by atoms with E-state index in [-0.39, 0.29) is 25.0 Å². The van der Waals surface area contributed by atoms with Crippen molar-refractivity contribution in [3.05, 3.63) is 54.2 Å². The number of amides is 2. The molecule has 0 spiro atoms. The van der Waals surface area contributed by atoms with E-state index >= 15 is 0 Å². The Kier molecular flexibility index (Phi) is 7.23. The zero-order valence-electron chi connectivity index (χ0n) is 15.9. The number of pyridine rings is 1. The maximum Gasteiger partial charge on any atom is 0.258 e. The minimum Gasteiger partial charge on any atom is -0.484 e. The normalized spacial score (nSPS) is 13.6. The van der Waals surface area contributed by atoms with Gasteiger partial charge in [0.1, 0.15) is 11.6 Å². The van der Waals surface area contributed by atoms with Crippen molar-refractivity contribution >= 4 is 17.6 Å². The second-order valence-corrected chi connectivity index (χ2v) is 6.73. The van der Waals surface area contributed by atoms with Crippen molar-refractivity contribution in [2.24, 2.45) is 0 Å². The fourth-order valence-corrected chi connectivity index (χ4v) is 3.03. The van der Waals surface area contributed by atoms with Crippen LogP contribution in [0.2, 0.25) is 0 Å². The zero-order valence-corrected chi connectivity index (χ0v) is 15.9. The molecule has 0 bridgehead atoms. The third kappa shape index (κ3) is 6.26. The minimum absolute atomic E-state index is 0.0823. The number of carbonyl (C=O) groups is 2. The van der Waals surface area contributed by atoms with Crippen LogP contribution in [0.3, 0.4) is 0 Å². The molecule has 3 rings (SSSR count). The largest absolute Gasteiger partial charge is 0.484 e. The number of hydrogen-bond acceptors (Lipinski definition) is 5. The molecule has 2 aromatic rings. The van der Waals surface area contributed by atoms with Crippen LogP contribution in [0, 0.1) is 0 Å². The van der Waals surface area contributed by atoms with E-state index in [9.17, 15) is 9.59 Å². The summed E-state index contributed by atoms with van der Waals surface area (Å²) in [6.07, 6.45) is 5.43. The molecule has 1 saturated heterocycles. The van der Waals surface area contributed by atoms with Crippen LogP contribution in [0.25, 0.3) is 0 Å². The topological polar surface area (TPSA) is 83.6 Å². The standard InChI is InChI=1S/C21H26N4O3/c26-20(15-24-21(27)16-28-18-7-3-1-4-8-18)23-14-17-9-10-22-19(13-17)25-11-5-2-6-12-25/h1,3-4,7-10,13H,2,5-6,11-12,14-16H2,(H,23,26)(H,24,27). The first kappa shape index (κ1) is 19.7. The molecular weight excluding hydrogens is 356 g/mol. The second kappa shape index (κ2) is 10.3. The van der Waals surface area contributed by atoms with Gasteiger partial charge >= 0.3 is 0 Å². The SMILES string of the molecule is O=C(CNC(=O)COc1ccccc1)NCc1ccnc(N2CCCCC2)c1. The summed E-state index contributed by atoms with van der Waals surface area (Å²) in [5, 5.41) is 5.37. The summed E-state index contributed by atoms with van der Waals surface area (Å²) in [5.41, 5.74) is 0.989. The van der Waals surface area contributed by atoms with Gasteiger partial charge in [0.2, 0.25) is 5.91 Å². The molecule has 0 aliphatic carbocycles. The summed E-state index contributed by atoms with van der Waals surface area (Å²) < 4.78 is 5.34. The van der Waals surface area contributed by atoms with Crippen LogP contribution in [0.1, 0.15) is 24.8 Å². The molecule has 1 aliphatic heterocycles. The van der Waals surface area contributed by atoms with Gasteiger partial charge in [-0.25, -0.2) is 4.98 Å². The Morgan fingerprint density at radius 1 is 1.00 bits per heavy atom. The molecule has 148 valence electrons. The number of ether oxygens (including phenoxy) is 1. The summed E-state index contributed by atoms with van der Waals surface area (Å²) >= 11 is 0. The molecule has 1 aromatic carbocycles. The van der Waals surface area contributed by atoms with E-state index in [0.717, 1.165) is 24.5 Å². The molecule has 2 amide bonds. The fraction of sp³-hybridized carbons (Fsp3) is 0.381. The van der Waals surface area contributed by atoms with E-state index in [1.54, 1.807) is 18.3 Å². The van der Waals surface area contributed by atoms with Crippen molar-refractivity contribution in [3.63, 3.8) is 0 Å². The van der Waals surface area contributed by atoms with Gasteiger partial charge in [-0.15, -0.1) is 0 Å². The Bertz CT molecular complexity index is 776. The van der Waals surface area contributed by atoms with Crippen molar-refractivity contribution in [2.75, 3.05) is 31.1 Å². The molecule has 7 nitrogen and oxygen atoms in total. The van der Waals surface area contributed by atoms with E-state index in [0.29, 0.717) is 12.3 Å². The maximum atomic E-state index is 12.0. The van der Waals surface area contributed by atoms with Crippen LogP contribution in [0.4, 0.5) is 5.82 Å². The second-order valence-electron chi connectivity index (χ2n) is 6.73. The molecule has 28 heavy (non-hydrogen) atoms. The molecule has 0 saturated carbocycles. The Balaban J connectivity index is 1.37. The lowest BCUT2D eigenvalue weighted by Crippen LogP contribution is -2.38. The van der Waals surface area contributed by atoms with Crippen molar-refractivity contribution in [1.29, 1.82) is 0 Å². The minimum atomic E-state index is -0.338. The van der Waals surface area contributed by atoms with Crippen molar-refractivity contribution in [3.8, 4) is 5.75 Å². The average molecular weight is 382 g/mol. The summed E-state index contributed by atoms with van der Waals surface area (Å²) in [4.78, 5) is 30.5. The summed E-state index contributed by atoms with van der Waals surface area (Å²) in [6.45, 7) is 2.25. The third-order valence-corrected chi connectivity index (χ3v) is 4.54. The number of benzene rings is 1. The van der Waals surface area contributed by atoms with Gasteiger partial charge in [0.15, 0.2) is 6.61 Å². The number of nitrogens with one attached hydrogen (secondary N) is 2. The van der Waals surface area contributed by atoms with Crippen LogP contribution in [-0.4, -0.2) is 43.0 Å². The van der Waals surface area contributed by atoms with Crippen molar-refractivity contribution in [2.45, 2.75) is 25.8 Å². The lowest BCUT2D eigenvalue weighted by atomic mass is 10.1. The van der Waals surface area contributed by atoms with Crippen molar-refractivity contribution in [1.82, 2.24) is 15.6 Å². The van der Waals surface area contributed by atoms with Crippen LogP contribution in [0.5, 0.6) is 5.75 Å². The monoisotopic (exact) mass is 382 g/mol. The first-order chi connectivity index (χ1) is 13.7. The highest BCUT2D eigenvalue weighted by molar-refractivity contribution is 5.85. The summed E-state index contributed by atoms with van der Waals surface area (Å²) in [7, 11) is 0. The highest BCUT2D eigenvalue weighted by Gasteiger charge is 2.12. The van der Waals surface area contributed by atoms with E-state index in [1.807, 2.05) is 30.3 Å². The number of rotatable bonds is 8. The van der Waals surface area contributed by atoms with Gasteiger partial charge in [-0.2, -0.15) is 0 Å². The molecule has 2 heterocycles. The summed E-state index contributed by atoms with van der Waals surface area (Å²) in [6, 6.07) is 13.0. The van der Waals surface area contributed by atoms with Gasteiger partial charge in [0, 0.05) is 25.8 Å². The first-order valence-corrected chi connectivity index (χ1v) is 9.62. The van der Waals surface area contributed by atoms with Crippen LogP contribution in [0.15, 0.2) is 48.7 Å². The maximum absolute atomic E-state index is 12.0. The fourth-order valence-electron chi connectivity index (χ4n) is 3.03. The molecular formula is C21H26N4O3. The number of carbonyl (C=O) groups excluding carboxylic acids is 2. The van der Waals surface area contributed by atoms with Crippen molar-refractivity contribution < 1.29 is 14.3 Å². The van der Waals surface area contributed by atoms with Crippen LogP contribution in [-0.2, 0) is 16.1 Å². The number of nitrogens with zero attached hydrogens (tertiary/aromatic N) is 2. The molecule has 1 aromatic heterocycles. The number of para-hydroxylation sites is 1. The number of hydrogen-bond donors (Lipinski definition) is 2. The Hall–Kier alpha value is -3.09. The zero-order chi connectivity index (χ0) is 19.6. The lowest BCUT2D eigenvalue weighted by Gasteiger charge is -2.27. The molecule has 2 N–H and O–H groups in total. The third-order valence-electron chi connectivity index (χ3n) is 4.54. The lowest BCUT2D eigenvalue weighted by molar-refractivity contribution is -0.127. The van der Waals surface area contributed by atoms with E-state index in [1.165, 1.54) is 19.3 Å². The predicted octanol–water partition coefficient (Wildman–Crippen LogP) is 1.88. The molecule has 1 fully saturated rings. The van der Waals surface area contributed by atoms with E-state index < -0.39 is 0 Å². The number of piperidine rings is 1. The van der Waals surface area contributed by atoms with Gasteiger partial charge < -0.3 is 20.3 Å². The van der Waals surface area contributed by atoms with Crippen LogP contribution >= 0.6 is 0 Å². The van der Waals surface area contributed by atoms with Crippen LogP contribution < -0.4 is 20.3 Å². The Morgan fingerprint density at radius 3 is 2.57 bits per heavy atom. The Morgan fingerprint density at radius 2 is 1.79 bits per heavy atom. The van der Waals surface area contributed by atoms with Gasteiger partial charge in [0.25, 0.3) is 5.91 Å². The Labute approximate surface area is 165 Å². The molecule has 0 unspecified atom stereocenters. The molecule has 0 radical (unpaired) electrons. The summed E-state index contributed by atoms with van der Waals surface area (Å²) in [5.74, 6) is 0.988. The van der Waals surface area contributed by atoms with Gasteiger partial charge in [-0.05, 0) is 49.1 Å². The van der Waals surface area contributed by atoms with E-state index in [4.69, 9.17) is 4.74 Å². The molecule has 1 aliphatic rings. The number of anilines is 1. The highest BCUT2D eigenvalue weighted by Crippen LogP contribution is 2.18. The highest BCUT2D eigenvalue weighted by atomic mass is 16.5. The molecule has 7 heteroatoms. The smallest absolute Gasteiger partial charge is 0.258 e. The van der Waals surface area contributed by atoms with Gasteiger partial charge in [-0.3, -0.25) is 9.59 Å². The van der Waals surface area contributed by atoms with Gasteiger partial charge in [-0.1, -0.05) is 18.2 Å². The average Bonchev–Trinajstić information content (AvgIpc) is 2.76. The van der Waals surface area contributed by atoms with Gasteiger partial charge in [0.05, 0.1) is 6.54 Å².